The first-order valence-corrected chi connectivity index (χ1v) is 16.3. The highest BCUT2D eigenvalue weighted by atomic mass is 32.2. The summed E-state index contributed by atoms with van der Waals surface area (Å²) in [6.45, 7) is 4.76. The predicted octanol–water partition coefficient (Wildman–Crippen LogP) is 10.5. The van der Waals surface area contributed by atoms with Crippen molar-refractivity contribution in [1.82, 2.24) is 9.97 Å². The summed E-state index contributed by atoms with van der Waals surface area (Å²) in [5, 5.41) is 0. The monoisotopic (exact) mass is 594 g/mol. The summed E-state index contributed by atoms with van der Waals surface area (Å²) in [6, 6.07) is 51.1. The minimum absolute atomic E-state index is 0.160. The van der Waals surface area contributed by atoms with Gasteiger partial charge in [0, 0.05) is 20.8 Å². The van der Waals surface area contributed by atoms with E-state index in [2.05, 4.69) is 129 Å². The van der Waals surface area contributed by atoms with Gasteiger partial charge in [-0.1, -0.05) is 129 Å². The second-order valence-electron chi connectivity index (χ2n) is 12.6. The minimum atomic E-state index is -0.433. The van der Waals surface area contributed by atoms with Gasteiger partial charge in [-0.05, 0) is 80.9 Å². The average Bonchev–Trinajstić information content (AvgIpc) is 3.10. The molecule has 3 heteroatoms. The van der Waals surface area contributed by atoms with E-state index in [9.17, 15) is 0 Å². The Balaban J connectivity index is 1.31. The van der Waals surface area contributed by atoms with Crippen molar-refractivity contribution in [3.8, 4) is 22.4 Å². The third-order valence-corrected chi connectivity index (χ3v) is 11.0. The Morgan fingerprint density at radius 1 is 0.467 bits per heavy atom. The smallest absolute Gasteiger partial charge is 0.0894 e. The molecule has 1 aliphatic heterocycles. The summed E-state index contributed by atoms with van der Waals surface area (Å²) in [7, 11) is 0. The number of nitrogens with zero attached hydrogens (tertiary/aromatic N) is 2. The molecule has 45 heavy (non-hydrogen) atoms. The fourth-order valence-electron chi connectivity index (χ4n) is 7.75. The van der Waals surface area contributed by atoms with Gasteiger partial charge >= 0.3 is 0 Å². The number of rotatable bonds is 2. The average molecular weight is 595 g/mol. The Morgan fingerprint density at radius 3 is 1.80 bits per heavy atom. The van der Waals surface area contributed by atoms with E-state index in [-0.39, 0.29) is 5.41 Å². The van der Waals surface area contributed by atoms with Gasteiger partial charge < -0.3 is 0 Å². The van der Waals surface area contributed by atoms with Gasteiger partial charge in [0.25, 0.3) is 0 Å². The van der Waals surface area contributed by atoms with Crippen molar-refractivity contribution in [2.45, 2.75) is 34.5 Å². The third kappa shape index (κ3) is 3.77. The molecular weight excluding hydrogens is 565 g/mol. The highest BCUT2D eigenvalue weighted by Crippen LogP contribution is 2.61. The van der Waals surface area contributed by atoms with Gasteiger partial charge in [0.1, 0.15) is 0 Å². The number of hydrogen-bond acceptors (Lipinski definition) is 3. The first-order valence-electron chi connectivity index (χ1n) is 15.5. The second kappa shape index (κ2) is 9.76. The number of hydrogen-bond donors (Lipinski definition) is 0. The normalized spacial score (nSPS) is 15.2. The summed E-state index contributed by atoms with van der Waals surface area (Å²) < 4.78 is 0. The van der Waals surface area contributed by atoms with Crippen LogP contribution >= 0.6 is 11.8 Å². The van der Waals surface area contributed by atoms with Crippen LogP contribution in [0.1, 0.15) is 47.2 Å². The Bertz CT molecular complexity index is 2250. The second-order valence-corrected chi connectivity index (χ2v) is 13.7. The zero-order valence-corrected chi connectivity index (χ0v) is 26.0. The van der Waals surface area contributed by atoms with E-state index in [1.165, 1.54) is 54.3 Å². The molecule has 0 saturated carbocycles. The molecule has 0 radical (unpaired) electrons. The van der Waals surface area contributed by atoms with Gasteiger partial charge in [0.2, 0.25) is 0 Å². The SMILES string of the molecule is CC1(C)c2ccccc2C2(c3ccccc3Sc3ccccc32)c2cc(-c3cccc(-c4cnc5ccccc5n4)c3)ccc21. The van der Waals surface area contributed by atoms with Crippen molar-refractivity contribution in [3.63, 3.8) is 0 Å². The van der Waals surface area contributed by atoms with Crippen LogP contribution in [0.4, 0.5) is 0 Å². The van der Waals surface area contributed by atoms with E-state index < -0.39 is 5.41 Å². The van der Waals surface area contributed by atoms with Gasteiger partial charge in [-0.15, -0.1) is 0 Å². The zero-order chi connectivity index (χ0) is 30.2. The number of benzene rings is 6. The Kier molecular flexibility index (Phi) is 5.73. The van der Waals surface area contributed by atoms with Crippen LogP contribution in [-0.2, 0) is 10.8 Å². The summed E-state index contributed by atoms with van der Waals surface area (Å²) in [6.07, 6.45) is 1.89. The molecular formula is C42H30N2S. The molecule has 7 aromatic rings. The van der Waals surface area contributed by atoms with Gasteiger partial charge in [0.05, 0.1) is 28.3 Å². The Hall–Kier alpha value is -4.99. The van der Waals surface area contributed by atoms with Gasteiger partial charge in [0.15, 0.2) is 0 Å². The van der Waals surface area contributed by atoms with Crippen molar-refractivity contribution < 1.29 is 0 Å². The lowest BCUT2D eigenvalue weighted by Crippen LogP contribution is -2.43. The molecule has 1 spiro atoms. The molecule has 0 amide bonds. The third-order valence-electron chi connectivity index (χ3n) is 9.84. The molecule has 214 valence electrons. The summed E-state index contributed by atoms with van der Waals surface area (Å²) in [5.74, 6) is 0. The molecule has 0 fully saturated rings. The van der Waals surface area contributed by atoms with Gasteiger partial charge in [-0.25, -0.2) is 4.98 Å². The van der Waals surface area contributed by atoms with Crippen molar-refractivity contribution in [2.75, 3.05) is 0 Å². The number of fused-ring (bicyclic) bond motifs is 9. The van der Waals surface area contributed by atoms with Crippen LogP contribution < -0.4 is 0 Å². The number of para-hydroxylation sites is 2. The summed E-state index contributed by atoms with van der Waals surface area (Å²) in [5.41, 5.74) is 13.7. The predicted molar refractivity (Wildman–Crippen MR) is 185 cm³/mol. The molecule has 2 heterocycles. The molecule has 0 bridgehead atoms. The first kappa shape index (κ1) is 26.4. The quantitative estimate of drug-likeness (QED) is 0.199. The van der Waals surface area contributed by atoms with Crippen LogP contribution in [0, 0.1) is 0 Å². The van der Waals surface area contributed by atoms with E-state index >= 15 is 0 Å². The van der Waals surface area contributed by atoms with Crippen molar-refractivity contribution in [2.24, 2.45) is 0 Å². The Labute approximate surface area is 267 Å². The molecule has 1 aromatic heterocycles. The molecule has 0 unspecified atom stereocenters. The summed E-state index contributed by atoms with van der Waals surface area (Å²) in [4.78, 5) is 12.3. The van der Waals surface area contributed by atoms with Crippen LogP contribution in [0.15, 0.2) is 156 Å². The van der Waals surface area contributed by atoms with E-state index in [0.29, 0.717) is 0 Å². The molecule has 2 aliphatic rings. The van der Waals surface area contributed by atoms with Crippen LogP contribution in [0.5, 0.6) is 0 Å². The van der Waals surface area contributed by atoms with Crippen LogP contribution in [0.25, 0.3) is 33.4 Å². The zero-order valence-electron chi connectivity index (χ0n) is 25.2. The first-order chi connectivity index (χ1) is 22.0. The Morgan fingerprint density at radius 2 is 1.04 bits per heavy atom. The lowest BCUT2D eigenvalue weighted by atomic mass is 9.54. The largest absolute Gasteiger partial charge is 0.252 e. The topological polar surface area (TPSA) is 25.8 Å². The maximum Gasteiger partial charge on any atom is 0.0894 e. The van der Waals surface area contributed by atoms with Crippen LogP contribution in [0.2, 0.25) is 0 Å². The molecule has 6 aromatic carbocycles. The maximum absolute atomic E-state index is 4.95. The molecule has 1 aliphatic carbocycles. The van der Waals surface area contributed by atoms with Crippen LogP contribution in [-0.4, -0.2) is 9.97 Å². The van der Waals surface area contributed by atoms with E-state index in [1.54, 1.807) is 0 Å². The molecule has 0 N–H and O–H groups in total. The molecule has 9 rings (SSSR count). The maximum atomic E-state index is 4.95. The highest BCUT2D eigenvalue weighted by Gasteiger charge is 2.52. The van der Waals surface area contributed by atoms with Crippen molar-refractivity contribution in [3.05, 3.63) is 179 Å². The fourth-order valence-corrected chi connectivity index (χ4v) is 8.95. The standard InChI is InChI=1S/C42H30N2S/c1-41(2)30-14-3-4-15-32(30)42(33-16-5-9-20-39(33)45-40-21-10-6-17-34(40)42)35-25-28(22-23-31(35)41)27-12-11-13-29(24-27)38-26-43-36-18-7-8-19-37(36)44-38/h3-26H,1-2H3. The number of aromatic nitrogens is 2. The van der Waals surface area contributed by atoms with Crippen molar-refractivity contribution >= 4 is 22.8 Å². The van der Waals surface area contributed by atoms with Gasteiger partial charge in [-0.2, -0.15) is 0 Å². The molecule has 0 atom stereocenters. The minimum Gasteiger partial charge on any atom is -0.252 e. The molecule has 2 nitrogen and oxygen atoms in total. The van der Waals surface area contributed by atoms with E-state index in [1.807, 2.05) is 42.2 Å². The van der Waals surface area contributed by atoms with Gasteiger partial charge in [-0.3, -0.25) is 4.98 Å². The van der Waals surface area contributed by atoms with E-state index in [0.717, 1.165) is 22.3 Å². The lowest BCUT2D eigenvalue weighted by Gasteiger charge is -2.50. The van der Waals surface area contributed by atoms with E-state index in [4.69, 9.17) is 9.97 Å². The van der Waals surface area contributed by atoms with Crippen molar-refractivity contribution in [1.29, 1.82) is 0 Å². The highest BCUT2D eigenvalue weighted by molar-refractivity contribution is 7.99. The van der Waals surface area contributed by atoms with Crippen LogP contribution in [0.3, 0.4) is 0 Å². The summed E-state index contributed by atoms with van der Waals surface area (Å²) >= 11 is 1.89. The lowest BCUT2D eigenvalue weighted by molar-refractivity contribution is 0.549. The molecule has 0 saturated heterocycles. The fraction of sp³-hybridized carbons (Fsp3) is 0.0952.